The first-order chi connectivity index (χ1) is 13.7. The Morgan fingerprint density at radius 1 is 1.18 bits per heavy atom. The maximum Gasteiger partial charge on any atom is 0.342 e. The third-order valence-corrected chi connectivity index (χ3v) is 4.73. The number of nitrogens with one attached hydrogen (secondary N) is 1. The standard InChI is InChI=1S/C21H21N3O3S/c1-2-8-19-22-21(24-23-19)28-18(20(25)26)13-16-11-6-7-12-17(16)27-14-15-9-4-3-5-10-15/h3-7,9-13H,2,8,14H2,1H3,(H,25,26)(H,22,23,24)/b18-13-. The van der Waals surface area contributed by atoms with E-state index in [1.807, 2.05) is 61.5 Å². The van der Waals surface area contributed by atoms with Crippen molar-refractivity contribution >= 4 is 23.8 Å². The number of hydrogen-bond donors (Lipinski definition) is 2. The zero-order chi connectivity index (χ0) is 19.8. The van der Waals surface area contributed by atoms with Crippen LogP contribution in [0.1, 0.15) is 30.3 Å². The number of aliphatic carboxylic acids is 1. The molecule has 0 bridgehead atoms. The third kappa shape index (κ3) is 5.47. The molecule has 0 amide bonds. The van der Waals surface area contributed by atoms with Crippen LogP contribution in [0.2, 0.25) is 0 Å². The number of aryl methyl sites for hydroxylation is 1. The molecule has 1 aromatic heterocycles. The molecule has 0 aliphatic rings. The fraction of sp³-hybridized carbons (Fsp3) is 0.190. The average molecular weight is 395 g/mol. The summed E-state index contributed by atoms with van der Waals surface area (Å²) in [5.41, 5.74) is 1.73. The van der Waals surface area contributed by atoms with Crippen LogP contribution in [0.4, 0.5) is 0 Å². The SMILES string of the molecule is CCCc1nc(S/C(=C\c2ccccc2OCc2ccccc2)C(=O)O)n[nH]1. The fourth-order valence-electron chi connectivity index (χ4n) is 2.51. The summed E-state index contributed by atoms with van der Waals surface area (Å²) < 4.78 is 5.91. The molecular weight excluding hydrogens is 374 g/mol. The Labute approximate surface area is 167 Å². The number of thioether (sulfide) groups is 1. The Morgan fingerprint density at radius 2 is 1.93 bits per heavy atom. The molecule has 0 aliphatic carbocycles. The Hall–Kier alpha value is -3.06. The zero-order valence-electron chi connectivity index (χ0n) is 15.5. The molecular formula is C21H21N3O3S. The lowest BCUT2D eigenvalue weighted by Crippen LogP contribution is -1.99. The van der Waals surface area contributed by atoms with Crippen LogP contribution in [0.25, 0.3) is 6.08 Å². The van der Waals surface area contributed by atoms with Crippen LogP contribution < -0.4 is 4.74 Å². The third-order valence-electron chi connectivity index (χ3n) is 3.85. The monoisotopic (exact) mass is 395 g/mol. The van der Waals surface area contributed by atoms with E-state index in [-0.39, 0.29) is 4.91 Å². The minimum absolute atomic E-state index is 0.123. The summed E-state index contributed by atoms with van der Waals surface area (Å²) in [5, 5.41) is 16.9. The topological polar surface area (TPSA) is 88.1 Å². The van der Waals surface area contributed by atoms with E-state index < -0.39 is 5.97 Å². The Bertz CT molecular complexity index is 954. The smallest absolute Gasteiger partial charge is 0.342 e. The summed E-state index contributed by atoms with van der Waals surface area (Å²) in [4.78, 5) is 16.2. The fourth-order valence-corrected chi connectivity index (χ4v) is 3.23. The number of carbonyl (C=O) groups is 1. The van der Waals surface area contributed by atoms with Crippen molar-refractivity contribution in [3.05, 3.63) is 76.5 Å². The van der Waals surface area contributed by atoms with Gasteiger partial charge in [0.2, 0.25) is 5.16 Å². The van der Waals surface area contributed by atoms with Gasteiger partial charge in [-0.05, 0) is 35.9 Å². The first kappa shape index (κ1) is 19.7. The Morgan fingerprint density at radius 3 is 2.68 bits per heavy atom. The van der Waals surface area contributed by atoms with E-state index in [1.54, 1.807) is 6.08 Å². The van der Waals surface area contributed by atoms with Gasteiger partial charge in [0.15, 0.2) is 0 Å². The highest BCUT2D eigenvalue weighted by Crippen LogP contribution is 2.29. The van der Waals surface area contributed by atoms with Gasteiger partial charge >= 0.3 is 5.97 Å². The molecule has 0 saturated carbocycles. The molecule has 2 N–H and O–H groups in total. The molecule has 2 aromatic carbocycles. The number of benzene rings is 2. The van der Waals surface area contributed by atoms with E-state index in [0.29, 0.717) is 23.1 Å². The zero-order valence-corrected chi connectivity index (χ0v) is 16.3. The number of H-pyrrole nitrogens is 1. The van der Waals surface area contributed by atoms with Crippen LogP contribution in [-0.2, 0) is 17.8 Å². The number of nitrogens with zero attached hydrogens (tertiary/aromatic N) is 2. The second-order valence-corrected chi connectivity index (χ2v) is 7.05. The number of aromatic nitrogens is 3. The molecule has 1 heterocycles. The predicted octanol–water partition coefficient (Wildman–Crippen LogP) is 4.55. The lowest BCUT2D eigenvalue weighted by molar-refractivity contribution is -0.131. The van der Waals surface area contributed by atoms with E-state index in [1.165, 1.54) is 0 Å². The number of ether oxygens (including phenoxy) is 1. The van der Waals surface area contributed by atoms with Crippen LogP contribution in [-0.4, -0.2) is 26.3 Å². The first-order valence-electron chi connectivity index (χ1n) is 8.95. The summed E-state index contributed by atoms with van der Waals surface area (Å²) in [5.74, 6) is 0.332. The molecule has 0 aliphatic heterocycles. The summed E-state index contributed by atoms with van der Waals surface area (Å²) in [7, 11) is 0. The van der Waals surface area contributed by atoms with Crippen LogP contribution >= 0.6 is 11.8 Å². The van der Waals surface area contributed by atoms with E-state index >= 15 is 0 Å². The largest absolute Gasteiger partial charge is 0.488 e. The second-order valence-electron chi connectivity index (χ2n) is 6.04. The Kier molecular flexibility index (Phi) is 6.86. The number of rotatable bonds is 9. The van der Waals surface area contributed by atoms with Gasteiger partial charge in [0.05, 0.1) is 0 Å². The normalized spacial score (nSPS) is 11.4. The molecule has 0 fully saturated rings. The van der Waals surface area contributed by atoms with Gasteiger partial charge in [-0.15, -0.1) is 5.10 Å². The van der Waals surface area contributed by atoms with E-state index in [4.69, 9.17) is 4.74 Å². The molecule has 6 nitrogen and oxygen atoms in total. The van der Waals surface area contributed by atoms with E-state index in [2.05, 4.69) is 15.2 Å². The van der Waals surface area contributed by atoms with Crippen LogP contribution in [0, 0.1) is 0 Å². The van der Waals surface area contributed by atoms with Crippen molar-refractivity contribution in [3.8, 4) is 5.75 Å². The average Bonchev–Trinajstić information content (AvgIpc) is 3.15. The second kappa shape index (κ2) is 9.75. The molecule has 144 valence electrons. The quantitative estimate of drug-likeness (QED) is 0.408. The van der Waals surface area contributed by atoms with Gasteiger partial charge in [0.1, 0.15) is 23.1 Å². The first-order valence-corrected chi connectivity index (χ1v) is 9.77. The van der Waals surface area contributed by atoms with Crippen molar-refractivity contribution in [2.24, 2.45) is 0 Å². The molecule has 0 radical (unpaired) electrons. The van der Waals surface area contributed by atoms with Crippen molar-refractivity contribution in [2.75, 3.05) is 0 Å². The van der Waals surface area contributed by atoms with Gasteiger partial charge in [0, 0.05) is 12.0 Å². The molecule has 0 atom stereocenters. The van der Waals surface area contributed by atoms with Gasteiger partial charge in [-0.2, -0.15) is 0 Å². The number of aromatic amines is 1. The number of hydrogen-bond acceptors (Lipinski definition) is 5. The van der Waals surface area contributed by atoms with Crippen molar-refractivity contribution in [3.63, 3.8) is 0 Å². The highest BCUT2D eigenvalue weighted by Gasteiger charge is 2.15. The van der Waals surface area contributed by atoms with Gasteiger partial charge < -0.3 is 9.84 Å². The molecule has 7 heteroatoms. The number of carboxylic acids is 1. The summed E-state index contributed by atoms with van der Waals surface area (Å²) in [6, 6.07) is 17.2. The summed E-state index contributed by atoms with van der Waals surface area (Å²) in [6.45, 7) is 2.45. The lowest BCUT2D eigenvalue weighted by Gasteiger charge is -2.10. The van der Waals surface area contributed by atoms with Gasteiger partial charge in [-0.1, -0.05) is 55.5 Å². The Balaban J connectivity index is 1.79. The minimum atomic E-state index is -1.04. The van der Waals surface area contributed by atoms with Crippen molar-refractivity contribution in [1.29, 1.82) is 0 Å². The van der Waals surface area contributed by atoms with Gasteiger partial charge in [-0.25, -0.2) is 9.78 Å². The van der Waals surface area contributed by atoms with Gasteiger partial charge in [-0.3, -0.25) is 5.10 Å². The maximum absolute atomic E-state index is 11.7. The van der Waals surface area contributed by atoms with Gasteiger partial charge in [0.25, 0.3) is 0 Å². The molecule has 28 heavy (non-hydrogen) atoms. The van der Waals surface area contributed by atoms with Crippen LogP contribution in [0.3, 0.4) is 0 Å². The van der Waals surface area contributed by atoms with Crippen LogP contribution in [0.15, 0.2) is 64.7 Å². The molecule has 3 rings (SSSR count). The van der Waals surface area contributed by atoms with Crippen molar-refractivity contribution in [2.45, 2.75) is 31.5 Å². The van der Waals surface area contributed by atoms with E-state index in [0.717, 1.165) is 36.0 Å². The minimum Gasteiger partial charge on any atom is -0.488 e. The van der Waals surface area contributed by atoms with E-state index in [9.17, 15) is 9.90 Å². The molecule has 0 saturated heterocycles. The number of carboxylic acid groups (broad SMARTS) is 1. The maximum atomic E-state index is 11.7. The highest BCUT2D eigenvalue weighted by atomic mass is 32.2. The number of para-hydroxylation sites is 1. The molecule has 0 unspecified atom stereocenters. The predicted molar refractivity (Wildman–Crippen MR) is 109 cm³/mol. The van der Waals surface area contributed by atoms with Crippen molar-refractivity contribution in [1.82, 2.24) is 15.2 Å². The highest BCUT2D eigenvalue weighted by molar-refractivity contribution is 8.04. The lowest BCUT2D eigenvalue weighted by atomic mass is 10.2. The van der Waals surface area contributed by atoms with Crippen LogP contribution in [0.5, 0.6) is 5.75 Å². The van der Waals surface area contributed by atoms with Crippen molar-refractivity contribution < 1.29 is 14.6 Å². The molecule has 0 spiro atoms. The summed E-state index contributed by atoms with van der Waals surface area (Å²) >= 11 is 1.01. The molecule has 3 aromatic rings. The summed E-state index contributed by atoms with van der Waals surface area (Å²) in [6.07, 6.45) is 3.30.